The van der Waals surface area contributed by atoms with Crippen LogP contribution in [0.3, 0.4) is 0 Å². The van der Waals surface area contributed by atoms with Gasteiger partial charge in [-0.2, -0.15) is 0 Å². The van der Waals surface area contributed by atoms with Gasteiger partial charge >= 0.3 is 12.0 Å². The lowest BCUT2D eigenvalue weighted by molar-refractivity contribution is -0.150. The first kappa shape index (κ1) is 15.1. The molecule has 2 N–H and O–H groups in total. The van der Waals surface area contributed by atoms with Gasteiger partial charge in [0.05, 0.1) is 0 Å². The van der Waals surface area contributed by atoms with E-state index in [0.29, 0.717) is 13.0 Å². The Labute approximate surface area is 120 Å². The van der Waals surface area contributed by atoms with Crippen LogP contribution in [-0.2, 0) is 4.79 Å². The van der Waals surface area contributed by atoms with E-state index in [1.807, 2.05) is 0 Å². The van der Waals surface area contributed by atoms with Crippen LogP contribution in [0.2, 0.25) is 0 Å². The molecule has 1 unspecified atom stereocenters. The van der Waals surface area contributed by atoms with Crippen molar-refractivity contribution < 1.29 is 14.7 Å². The van der Waals surface area contributed by atoms with Crippen molar-refractivity contribution in [2.24, 2.45) is 0 Å². The lowest BCUT2D eigenvalue weighted by Crippen LogP contribution is -2.63. The molecule has 2 fully saturated rings. The molecule has 114 valence electrons. The summed E-state index contributed by atoms with van der Waals surface area (Å²) in [5, 5.41) is 12.6. The number of piperidine rings is 1. The molecule has 1 saturated carbocycles. The molecule has 0 aromatic heterocycles. The van der Waals surface area contributed by atoms with Gasteiger partial charge in [-0.1, -0.05) is 19.3 Å². The van der Waals surface area contributed by atoms with Gasteiger partial charge in [0.2, 0.25) is 0 Å². The monoisotopic (exact) mass is 282 g/mol. The van der Waals surface area contributed by atoms with E-state index in [2.05, 4.69) is 12.2 Å². The van der Waals surface area contributed by atoms with Gasteiger partial charge in [0.1, 0.15) is 5.54 Å². The maximum Gasteiger partial charge on any atom is 0.329 e. The molecule has 0 radical (unpaired) electrons. The number of carbonyl (C=O) groups excluding carboxylic acids is 1. The summed E-state index contributed by atoms with van der Waals surface area (Å²) < 4.78 is 0. The van der Waals surface area contributed by atoms with Gasteiger partial charge in [-0.15, -0.1) is 0 Å². The van der Waals surface area contributed by atoms with E-state index in [1.54, 1.807) is 6.92 Å². The number of carboxylic acid groups (broad SMARTS) is 1. The predicted molar refractivity (Wildman–Crippen MR) is 76.6 cm³/mol. The van der Waals surface area contributed by atoms with Crippen LogP contribution in [0.4, 0.5) is 4.79 Å². The van der Waals surface area contributed by atoms with E-state index in [9.17, 15) is 14.7 Å². The molecule has 1 atom stereocenters. The minimum absolute atomic E-state index is 0.174. The number of nitrogens with one attached hydrogen (secondary N) is 1. The van der Waals surface area contributed by atoms with Gasteiger partial charge in [-0.25, -0.2) is 9.59 Å². The molecule has 0 spiro atoms. The van der Waals surface area contributed by atoms with E-state index in [0.717, 1.165) is 38.5 Å². The first-order chi connectivity index (χ1) is 9.37. The molecular weight excluding hydrogens is 256 g/mol. The molecule has 5 nitrogen and oxygen atoms in total. The van der Waals surface area contributed by atoms with Crippen molar-refractivity contribution in [3.63, 3.8) is 0 Å². The second-order valence-electron chi connectivity index (χ2n) is 6.74. The zero-order valence-corrected chi connectivity index (χ0v) is 12.6. The third-order valence-corrected chi connectivity index (χ3v) is 4.96. The van der Waals surface area contributed by atoms with Crippen LogP contribution in [-0.4, -0.2) is 39.6 Å². The van der Waals surface area contributed by atoms with Gasteiger partial charge in [0.15, 0.2) is 0 Å². The second-order valence-corrected chi connectivity index (χ2v) is 6.74. The number of aliphatic carboxylic acids is 1. The molecule has 0 aromatic rings. The minimum Gasteiger partial charge on any atom is -0.480 e. The maximum atomic E-state index is 12.5. The van der Waals surface area contributed by atoms with E-state index >= 15 is 0 Å². The van der Waals surface area contributed by atoms with Crippen molar-refractivity contribution in [3.05, 3.63) is 0 Å². The topological polar surface area (TPSA) is 69.6 Å². The fraction of sp³-hybridized carbons (Fsp3) is 0.867. The summed E-state index contributed by atoms with van der Waals surface area (Å²) in [6, 6.07) is -0.209. The van der Waals surface area contributed by atoms with Crippen molar-refractivity contribution in [2.45, 2.75) is 76.3 Å². The summed E-state index contributed by atoms with van der Waals surface area (Å²) in [7, 11) is 0. The van der Waals surface area contributed by atoms with E-state index < -0.39 is 11.5 Å². The van der Waals surface area contributed by atoms with Crippen LogP contribution in [0.25, 0.3) is 0 Å². The van der Waals surface area contributed by atoms with Crippen molar-refractivity contribution in [1.82, 2.24) is 10.2 Å². The van der Waals surface area contributed by atoms with E-state index in [1.165, 1.54) is 11.3 Å². The number of hydrogen-bond donors (Lipinski definition) is 2. The lowest BCUT2D eigenvalue weighted by atomic mass is 9.83. The Morgan fingerprint density at radius 3 is 2.20 bits per heavy atom. The maximum absolute atomic E-state index is 12.5. The first-order valence-electron chi connectivity index (χ1n) is 7.71. The Morgan fingerprint density at radius 2 is 1.60 bits per heavy atom. The molecular formula is C15H26N2O3. The molecule has 1 aliphatic heterocycles. The average Bonchev–Trinajstić information content (AvgIpc) is 2.39. The van der Waals surface area contributed by atoms with Gasteiger partial charge in [-0.05, 0) is 46.0 Å². The molecule has 1 aliphatic carbocycles. The molecule has 2 rings (SSSR count). The highest BCUT2D eigenvalue weighted by Crippen LogP contribution is 2.31. The Balaban J connectivity index is 2.08. The summed E-state index contributed by atoms with van der Waals surface area (Å²) in [5.41, 5.74) is -1.24. The first-order valence-corrected chi connectivity index (χ1v) is 7.71. The molecule has 2 aliphatic rings. The fourth-order valence-electron chi connectivity index (χ4n) is 3.45. The van der Waals surface area contributed by atoms with Crippen LogP contribution < -0.4 is 5.32 Å². The van der Waals surface area contributed by atoms with Crippen LogP contribution >= 0.6 is 0 Å². The standard InChI is InChI=1S/C15H26N2O3/c1-14(8-4-3-5-9-14)16-13(20)17-11-7-6-10-15(17,2)12(18)19/h3-11H2,1-2H3,(H,16,20)(H,18,19). The summed E-state index contributed by atoms with van der Waals surface area (Å²) in [6.07, 6.45) is 7.73. The van der Waals surface area contributed by atoms with Crippen molar-refractivity contribution >= 4 is 12.0 Å². The van der Waals surface area contributed by atoms with Crippen LogP contribution in [0.1, 0.15) is 65.2 Å². The van der Waals surface area contributed by atoms with Crippen molar-refractivity contribution in [2.75, 3.05) is 6.54 Å². The zero-order chi connectivity index (χ0) is 14.8. The average molecular weight is 282 g/mol. The Kier molecular flexibility index (Phi) is 4.25. The van der Waals surface area contributed by atoms with Crippen LogP contribution in [0, 0.1) is 0 Å². The predicted octanol–water partition coefficient (Wildman–Crippen LogP) is 2.75. The quantitative estimate of drug-likeness (QED) is 0.818. The highest BCUT2D eigenvalue weighted by molar-refractivity contribution is 5.86. The second kappa shape index (κ2) is 5.62. The SMILES string of the molecule is CC1(NC(=O)N2CCCCC2(C)C(=O)O)CCCCC1. The van der Waals surface area contributed by atoms with Gasteiger partial charge in [-0.3, -0.25) is 0 Å². The van der Waals surface area contributed by atoms with E-state index in [4.69, 9.17) is 0 Å². The fourth-order valence-corrected chi connectivity index (χ4v) is 3.45. The molecule has 0 aromatic carbocycles. The van der Waals surface area contributed by atoms with Gasteiger partial charge < -0.3 is 15.3 Å². The lowest BCUT2D eigenvalue weighted by Gasteiger charge is -2.44. The van der Waals surface area contributed by atoms with Gasteiger partial charge in [0, 0.05) is 12.1 Å². The van der Waals surface area contributed by atoms with Gasteiger partial charge in [0.25, 0.3) is 0 Å². The summed E-state index contributed by atoms with van der Waals surface area (Å²) in [6.45, 7) is 4.27. The Morgan fingerprint density at radius 1 is 1.00 bits per heavy atom. The highest BCUT2D eigenvalue weighted by atomic mass is 16.4. The Bertz CT molecular complexity index is 391. The number of carbonyl (C=O) groups is 2. The highest BCUT2D eigenvalue weighted by Gasteiger charge is 2.45. The number of amides is 2. The summed E-state index contributed by atoms with van der Waals surface area (Å²) in [4.78, 5) is 25.6. The molecule has 2 amide bonds. The zero-order valence-electron chi connectivity index (χ0n) is 12.6. The number of rotatable bonds is 2. The third-order valence-electron chi connectivity index (χ3n) is 4.96. The molecule has 1 saturated heterocycles. The number of carboxylic acids is 1. The van der Waals surface area contributed by atoms with Crippen molar-refractivity contribution in [3.8, 4) is 0 Å². The molecule has 1 heterocycles. The van der Waals surface area contributed by atoms with Crippen LogP contribution in [0.15, 0.2) is 0 Å². The minimum atomic E-state index is -1.06. The van der Waals surface area contributed by atoms with E-state index in [-0.39, 0.29) is 11.6 Å². The summed E-state index contributed by atoms with van der Waals surface area (Å²) in [5.74, 6) is -0.902. The largest absolute Gasteiger partial charge is 0.480 e. The number of likely N-dealkylation sites (tertiary alicyclic amines) is 1. The van der Waals surface area contributed by atoms with Crippen LogP contribution in [0.5, 0.6) is 0 Å². The number of hydrogen-bond acceptors (Lipinski definition) is 2. The smallest absolute Gasteiger partial charge is 0.329 e. The Hall–Kier alpha value is -1.26. The molecule has 0 bridgehead atoms. The third kappa shape index (κ3) is 2.91. The summed E-state index contributed by atoms with van der Waals surface area (Å²) >= 11 is 0. The normalized spacial score (nSPS) is 29.8. The number of nitrogens with zero attached hydrogens (tertiary/aromatic N) is 1. The molecule has 20 heavy (non-hydrogen) atoms. The van der Waals surface area contributed by atoms with Crippen molar-refractivity contribution in [1.29, 1.82) is 0 Å². The molecule has 5 heteroatoms. The number of urea groups is 1.